The van der Waals surface area contributed by atoms with Gasteiger partial charge in [-0.2, -0.15) is 4.98 Å². The van der Waals surface area contributed by atoms with E-state index in [-0.39, 0.29) is 0 Å². The fourth-order valence-corrected chi connectivity index (χ4v) is 11.4. The highest BCUT2D eigenvalue weighted by Gasteiger charge is 2.24. The van der Waals surface area contributed by atoms with E-state index in [1.54, 1.807) is 0 Å². The van der Waals surface area contributed by atoms with Crippen molar-refractivity contribution < 1.29 is 4.42 Å². The van der Waals surface area contributed by atoms with Crippen molar-refractivity contribution in [3.05, 3.63) is 206 Å². The molecule has 64 heavy (non-hydrogen) atoms. The molecule has 0 bridgehead atoms. The van der Waals surface area contributed by atoms with Crippen LogP contribution in [0.15, 0.2) is 211 Å². The fraction of sp³-hybridized carbons (Fsp3) is 0. The Morgan fingerprint density at radius 1 is 0.406 bits per heavy atom. The maximum atomic E-state index is 6.48. The molecule has 0 spiro atoms. The van der Waals surface area contributed by atoms with Crippen LogP contribution in [-0.4, -0.2) is 19.1 Å². The van der Waals surface area contributed by atoms with Crippen LogP contribution in [0.1, 0.15) is 0 Å². The molecule has 14 aromatic rings. The van der Waals surface area contributed by atoms with Crippen molar-refractivity contribution in [2.45, 2.75) is 0 Å². The molecular formula is C58H34N4OS. The molecule has 5 nitrogen and oxygen atoms in total. The Hall–Kier alpha value is -8.32. The first-order valence-electron chi connectivity index (χ1n) is 21.6. The van der Waals surface area contributed by atoms with E-state index in [2.05, 4.69) is 191 Å². The van der Waals surface area contributed by atoms with Crippen LogP contribution in [-0.2, 0) is 0 Å². The van der Waals surface area contributed by atoms with Crippen molar-refractivity contribution in [3.8, 4) is 45.1 Å². The second-order valence-electron chi connectivity index (χ2n) is 16.5. The van der Waals surface area contributed by atoms with Gasteiger partial charge in [0, 0.05) is 63.9 Å². The molecule has 6 heteroatoms. The SMILES string of the molecule is c1ccc(-c2cccc(-n3c4ccccc4c4cc(-c5ccc6c(c5)c5ccccc5n6-c5nc(-c6ccccc6)c6c(n5)oc5ccccc56)c5sc6ccccc6c5c43)c2)cc1. The smallest absolute Gasteiger partial charge is 0.238 e. The molecular weight excluding hydrogens is 801 g/mol. The van der Waals surface area contributed by atoms with E-state index in [9.17, 15) is 0 Å². The zero-order valence-electron chi connectivity index (χ0n) is 34.2. The zero-order chi connectivity index (χ0) is 41.9. The molecule has 0 atom stereocenters. The van der Waals surface area contributed by atoms with E-state index in [1.165, 1.54) is 58.7 Å². The summed E-state index contributed by atoms with van der Waals surface area (Å²) in [5.74, 6) is 0.571. The van der Waals surface area contributed by atoms with Crippen molar-refractivity contribution in [3.63, 3.8) is 0 Å². The highest BCUT2D eigenvalue weighted by atomic mass is 32.1. The average Bonchev–Trinajstić information content (AvgIpc) is 4.12. The number of thiophene rings is 1. The molecule has 0 saturated carbocycles. The first-order chi connectivity index (χ1) is 31.7. The van der Waals surface area contributed by atoms with Crippen molar-refractivity contribution in [1.29, 1.82) is 0 Å². The van der Waals surface area contributed by atoms with Gasteiger partial charge in [0.15, 0.2) is 0 Å². The van der Waals surface area contributed by atoms with Crippen LogP contribution in [0.2, 0.25) is 0 Å². The number of hydrogen-bond donors (Lipinski definition) is 0. The average molecular weight is 835 g/mol. The molecule has 5 heterocycles. The number of fused-ring (bicyclic) bond motifs is 13. The molecule has 0 radical (unpaired) electrons. The molecule has 0 unspecified atom stereocenters. The van der Waals surface area contributed by atoms with E-state index in [1.807, 2.05) is 35.6 Å². The van der Waals surface area contributed by atoms with Gasteiger partial charge in [-0.3, -0.25) is 4.57 Å². The number of hydrogen-bond acceptors (Lipinski definition) is 4. The van der Waals surface area contributed by atoms with Gasteiger partial charge in [0.1, 0.15) is 5.58 Å². The molecule has 298 valence electrons. The zero-order valence-corrected chi connectivity index (χ0v) is 35.1. The van der Waals surface area contributed by atoms with E-state index >= 15 is 0 Å². The summed E-state index contributed by atoms with van der Waals surface area (Å²) < 4.78 is 13.7. The lowest BCUT2D eigenvalue weighted by molar-refractivity contribution is 0.651. The van der Waals surface area contributed by atoms with Gasteiger partial charge in [-0.05, 0) is 71.3 Å². The van der Waals surface area contributed by atoms with Crippen molar-refractivity contribution in [2.24, 2.45) is 0 Å². The third kappa shape index (κ3) is 5.11. The van der Waals surface area contributed by atoms with Crippen LogP contribution < -0.4 is 0 Å². The minimum atomic E-state index is 0.569. The quantitative estimate of drug-likeness (QED) is 0.174. The fourth-order valence-electron chi connectivity index (χ4n) is 10.1. The Morgan fingerprint density at radius 2 is 1.05 bits per heavy atom. The Bertz CT molecular complexity index is 4190. The summed E-state index contributed by atoms with van der Waals surface area (Å²) in [5, 5.41) is 9.20. The monoisotopic (exact) mass is 834 g/mol. The number of para-hydroxylation sites is 3. The molecule has 0 saturated heterocycles. The summed E-state index contributed by atoms with van der Waals surface area (Å²) >= 11 is 1.88. The van der Waals surface area contributed by atoms with Gasteiger partial charge in [0.2, 0.25) is 11.7 Å². The lowest BCUT2D eigenvalue weighted by Gasteiger charge is -2.13. The summed E-state index contributed by atoms with van der Waals surface area (Å²) in [6, 6.07) is 73.8. The first-order valence-corrected chi connectivity index (χ1v) is 22.4. The van der Waals surface area contributed by atoms with Crippen LogP contribution in [0.5, 0.6) is 0 Å². The summed E-state index contributed by atoms with van der Waals surface area (Å²) in [6.45, 7) is 0. The predicted octanol–water partition coefficient (Wildman–Crippen LogP) is 15.9. The summed E-state index contributed by atoms with van der Waals surface area (Å²) in [6.07, 6.45) is 0. The highest BCUT2D eigenvalue weighted by Crippen LogP contribution is 2.48. The third-order valence-electron chi connectivity index (χ3n) is 12.9. The second-order valence-corrected chi connectivity index (χ2v) is 17.5. The number of furan rings is 1. The van der Waals surface area contributed by atoms with Gasteiger partial charge >= 0.3 is 0 Å². The minimum absolute atomic E-state index is 0.569. The van der Waals surface area contributed by atoms with Gasteiger partial charge < -0.3 is 8.98 Å². The van der Waals surface area contributed by atoms with Gasteiger partial charge in [0.05, 0.1) is 33.1 Å². The van der Waals surface area contributed by atoms with Gasteiger partial charge in [-0.1, -0.05) is 152 Å². The van der Waals surface area contributed by atoms with E-state index in [4.69, 9.17) is 14.4 Å². The van der Waals surface area contributed by atoms with Gasteiger partial charge in [-0.15, -0.1) is 11.3 Å². The van der Waals surface area contributed by atoms with Crippen LogP contribution in [0.25, 0.3) is 131 Å². The molecule has 9 aromatic carbocycles. The summed E-state index contributed by atoms with van der Waals surface area (Å²) in [4.78, 5) is 10.6. The normalized spacial score (nSPS) is 12.1. The molecule has 0 N–H and O–H groups in total. The van der Waals surface area contributed by atoms with Crippen molar-refractivity contribution >= 4 is 97.2 Å². The standard InChI is InChI=1S/C58H34N4OS/c1-3-16-35(17-4-1)37-20-15-21-39(32-37)61-47-26-11-8-23-41(47)46-34-44(56-53(55(46)61)43-25-10-14-29-51(43)64-56)38-30-31-49-45(33-38)40-22-7-12-27-48(40)62(49)58-59-54(36-18-5-2-6-19-36)52-42-24-9-13-28-50(42)63-57(52)60-58/h1-34H. The molecule has 0 aliphatic heterocycles. The number of rotatable bonds is 5. The molecule has 0 aliphatic rings. The number of nitrogens with zero attached hydrogens (tertiary/aromatic N) is 4. The predicted molar refractivity (Wildman–Crippen MR) is 267 cm³/mol. The van der Waals surface area contributed by atoms with E-state index in [0.29, 0.717) is 11.7 Å². The van der Waals surface area contributed by atoms with E-state index < -0.39 is 0 Å². The minimum Gasteiger partial charge on any atom is -0.437 e. The molecule has 0 amide bonds. The summed E-state index contributed by atoms with van der Waals surface area (Å²) in [5.41, 5.74) is 13.6. The summed E-state index contributed by atoms with van der Waals surface area (Å²) in [7, 11) is 0. The maximum absolute atomic E-state index is 6.48. The molecule has 0 fully saturated rings. The van der Waals surface area contributed by atoms with Crippen LogP contribution in [0.3, 0.4) is 0 Å². The van der Waals surface area contributed by atoms with Crippen molar-refractivity contribution in [1.82, 2.24) is 19.1 Å². The lowest BCUT2D eigenvalue weighted by Crippen LogP contribution is -2.02. The van der Waals surface area contributed by atoms with Gasteiger partial charge in [-0.25, -0.2) is 4.98 Å². The lowest BCUT2D eigenvalue weighted by atomic mass is 9.97. The largest absolute Gasteiger partial charge is 0.437 e. The van der Waals surface area contributed by atoms with Crippen LogP contribution >= 0.6 is 11.3 Å². The molecule has 14 rings (SSSR count). The maximum Gasteiger partial charge on any atom is 0.238 e. The van der Waals surface area contributed by atoms with Crippen LogP contribution in [0.4, 0.5) is 0 Å². The number of benzene rings is 9. The van der Waals surface area contributed by atoms with Crippen molar-refractivity contribution in [2.75, 3.05) is 0 Å². The van der Waals surface area contributed by atoms with Crippen LogP contribution in [0, 0.1) is 0 Å². The third-order valence-corrected chi connectivity index (χ3v) is 14.2. The Kier molecular flexibility index (Phi) is 7.49. The molecule has 5 aromatic heterocycles. The Labute approximate surface area is 370 Å². The Balaban J connectivity index is 1.03. The number of aromatic nitrogens is 4. The highest BCUT2D eigenvalue weighted by molar-refractivity contribution is 7.26. The first kappa shape index (κ1) is 35.3. The second kappa shape index (κ2) is 13.6. The topological polar surface area (TPSA) is 48.8 Å². The van der Waals surface area contributed by atoms with E-state index in [0.717, 1.165) is 60.7 Å². The Morgan fingerprint density at radius 3 is 1.86 bits per heavy atom. The van der Waals surface area contributed by atoms with Gasteiger partial charge in [0.25, 0.3) is 0 Å². The molecule has 0 aliphatic carbocycles.